The van der Waals surface area contributed by atoms with Crippen molar-refractivity contribution in [2.24, 2.45) is 5.10 Å². The van der Waals surface area contributed by atoms with Crippen LogP contribution in [0.15, 0.2) is 87.8 Å². The summed E-state index contributed by atoms with van der Waals surface area (Å²) in [6.07, 6.45) is 3.05. The molecular weight excluding hydrogens is 582 g/mol. The number of benzene rings is 3. The van der Waals surface area contributed by atoms with E-state index in [0.717, 1.165) is 15.4 Å². The Labute approximate surface area is 238 Å². The summed E-state index contributed by atoms with van der Waals surface area (Å²) in [4.78, 5) is 13.0. The molecule has 8 nitrogen and oxygen atoms in total. The third-order valence-electron chi connectivity index (χ3n) is 5.74. The first-order valence-electron chi connectivity index (χ1n) is 12.2. The number of halogens is 1. The molecule has 206 valence electrons. The zero-order valence-corrected chi connectivity index (χ0v) is 24.8. The van der Waals surface area contributed by atoms with Gasteiger partial charge in [-0.1, -0.05) is 56.3 Å². The smallest absolute Gasteiger partial charge is 0.264 e. The molecule has 0 fully saturated rings. The van der Waals surface area contributed by atoms with Gasteiger partial charge in [-0.25, -0.2) is 13.8 Å². The summed E-state index contributed by atoms with van der Waals surface area (Å²) in [7, 11) is -2.51. The Morgan fingerprint density at radius 1 is 1.13 bits per heavy atom. The molecule has 0 spiro atoms. The average molecular weight is 615 g/mol. The molecule has 0 unspecified atom stereocenters. The van der Waals surface area contributed by atoms with Gasteiger partial charge in [-0.15, -0.1) is 0 Å². The van der Waals surface area contributed by atoms with Crippen LogP contribution in [0.25, 0.3) is 0 Å². The molecule has 0 heterocycles. The lowest BCUT2D eigenvalue weighted by Crippen LogP contribution is -2.39. The van der Waals surface area contributed by atoms with Gasteiger partial charge in [0.15, 0.2) is 11.5 Å². The molecule has 3 rings (SSSR count). The molecule has 0 saturated carbocycles. The molecule has 0 aliphatic carbocycles. The van der Waals surface area contributed by atoms with Crippen LogP contribution in [0.1, 0.15) is 36.5 Å². The number of rotatable bonds is 12. The zero-order chi connectivity index (χ0) is 28.6. The monoisotopic (exact) mass is 613 g/mol. The van der Waals surface area contributed by atoms with Crippen LogP contribution in [0, 0.1) is 6.92 Å². The molecule has 1 N–H and O–H groups in total. The number of hydrazone groups is 1. The molecule has 3 aromatic carbocycles. The number of nitrogens with zero attached hydrogens (tertiary/aromatic N) is 2. The molecule has 0 saturated heterocycles. The highest BCUT2D eigenvalue weighted by Gasteiger charge is 2.27. The molecule has 0 aliphatic heterocycles. The van der Waals surface area contributed by atoms with Crippen LogP contribution in [-0.4, -0.2) is 40.8 Å². The number of hydrogen-bond acceptors (Lipinski definition) is 6. The third-order valence-corrected chi connectivity index (χ3v) is 8.12. The topological polar surface area (TPSA) is 97.3 Å². The van der Waals surface area contributed by atoms with Gasteiger partial charge in [0, 0.05) is 0 Å². The van der Waals surface area contributed by atoms with Crippen LogP contribution in [0.2, 0.25) is 0 Å². The number of aryl methyl sites for hydroxylation is 1. The second-order valence-corrected chi connectivity index (χ2v) is 11.7. The van der Waals surface area contributed by atoms with E-state index in [1.165, 1.54) is 25.5 Å². The van der Waals surface area contributed by atoms with Crippen molar-refractivity contribution in [1.82, 2.24) is 5.43 Å². The van der Waals surface area contributed by atoms with Crippen molar-refractivity contribution < 1.29 is 22.7 Å². The van der Waals surface area contributed by atoms with E-state index < -0.39 is 22.5 Å². The molecular formula is C29H32BrN3O5S. The Hall–Kier alpha value is -3.63. The van der Waals surface area contributed by atoms with Gasteiger partial charge in [-0.2, -0.15) is 5.10 Å². The summed E-state index contributed by atoms with van der Waals surface area (Å²) in [5.41, 5.74) is 5.41. The van der Waals surface area contributed by atoms with E-state index in [-0.39, 0.29) is 10.8 Å². The van der Waals surface area contributed by atoms with Gasteiger partial charge in [0.1, 0.15) is 13.2 Å². The molecule has 0 bridgehead atoms. The quantitative estimate of drug-likeness (QED) is 0.158. The number of carbonyl (C=O) groups excluding carboxylic acids is 1. The van der Waals surface area contributed by atoms with Crippen molar-refractivity contribution in [3.05, 3.63) is 94.5 Å². The summed E-state index contributed by atoms with van der Waals surface area (Å²) in [5, 5.41) is 4.02. The van der Waals surface area contributed by atoms with Gasteiger partial charge < -0.3 is 9.47 Å². The van der Waals surface area contributed by atoms with Crippen LogP contribution < -0.4 is 19.2 Å². The molecule has 3 aromatic rings. The minimum Gasteiger partial charge on any atom is -0.493 e. The van der Waals surface area contributed by atoms with E-state index in [2.05, 4.69) is 46.9 Å². The van der Waals surface area contributed by atoms with E-state index in [1.54, 1.807) is 42.5 Å². The van der Waals surface area contributed by atoms with Gasteiger partial charge >= 0.3 is 0 Å². The Balaban J connectivity index is 1.83. The fourth-order valence-corrected chi connectivity index (χ4v) is 5.61. The van der Waals surface area contributed by atoms with Gasteiger partial charge in [0.2, 0.25) is 0 Å². The molecule has 39 heavy (non-hydrogen) atoms. The van der Waals surface area contributed by atoms with Crippen molar-refractivity contribution in [1.29, 1.82) is 0 Å². The fraction of sp³-hybridized carbons (Fsp3) is 0.241. The third kappa shape index (κ3) is 7.70. The van der Waals surface area contributed by atoms with E-state index in [1.807, 2.05) is 19.1 Å². The van der Waals surface area contributed by atoms with Crippen molar-refractivity contribution in [2.75, 3.05) is 24.6 Å². The normalized spacial score (nSPS) is 11.4. The standard InChI is InChI=1S/C29H32BrN3O5S/c1-6-15-38-29-26(30)16-22(17-27(29)37-5)18-31-32-28(34)19-33(24-11-9-23(10-12-24)20(2)3)39(35,36)25-13-7-21(4)8-14-25/h6-14,16-18,20H,1,15,19H2,2-5H3,(H,32,34)/b31-18-. The second kappa shape index (κ2) is 13.4. The lowest BCUT2D eigenvalue weighted by molar-refractivity contribution is -0.119. The van der Waals surface area contributed by atoms with E-state index in [0.29, 0.717) is 33.8 Å². The lowest BCUT2D eigenvalue weighted by atomic mass is 10.0. The Bertz CT molecular complexity index is 1440. The zero-order valence-electron chi connectivity index (χ0n) is 22.3. The van der Waals surface area contributed by atoms with Crippen molar-refractivity contribution >= 4 is 43.8 Å². The highest BCUT2D eigenvalue weighted by atomic mass is 79.9. The van der Waals surface area contributed by atoms with E-state index in [9.17, 15) is 13.2 Å². The van der Waals surface area contributed by atoms with Crippen LogP contribution in [0.3, 0.4) is 0 Å². The molecule has 0 radical (unpaired) electrons. The van der Waals surface area contributed by atoms with Crippen LogP contribution in [0.5, 0.6) is 11.5 Å². The Morgan fingerprint density at radius 2 is 1.79 bits per heavy atom. The van der Waals surface area contributed by atoms with Crippen molar-refractivity contribution in [3.8, 4) is 11.5 Å². The second-order valence-electron chi connectivity index (χ2n) is 9.00. The fourth-order valence-electron chi connectivity index (χ4n) is 3.62. The van der Waals surface area contributed by atoms with Crippen LogP contribution in [0.4, 0.5) is 5.69 Å². The maximum absolute atomic E-state index is 13.6. The Kier molecular flexibility index (Phi) is 10.3. The number of nitrogens with one attached hydrogen (secondary N) is 1. The highest BCUT2D eigenvalue weighted by molar-refractivity contribution is 9.10. The number of ether oxygens (including phenoxy) is 2. The molecule has 0 aliphatic rings. The lowest BCUT2D eigenvalue weighted by Gasteiger charge is -2.24. The molecule has 0 aromatic heterocycles. The first-order valence-corrected chi connectivity index (χ1v) is 14.4. The number of sulfonamides is 1. The minimum absolute atomic E-state index is 0.0908. The van der Waals surface area contributed by atoms with E-state index >= 15 is 0 Å². The van der Waals surface area contributed by atoms with Crippen LogP contribution >= 0.6 is 15.9 Å². The van der Waals surface area contributed by atoms with Crippen molar-refractivity contribution in [3.63, 3.8) is 0 Å². The van der Waals surface area contributed by atoms with Gasteiger partial charge in [-0.05, 0) is 76.3 Å². The summed E-state index contributed by atoms with van der Waals surface area (Å²) in [6.45, 7) is 9.46. The van der Waals surface area contributed by atoms with Crippen LogP contribution in [-0.2, 0) is 14.8 Å². The SMILES string of the molecule is C=CCOc1c(Br)cc(/C=N\NC(=O)CN(c2ccc(C(C)C)cc2)S(=O)(=O)c2ccc(C)cc2)cc1OC. The van der Waals surface area contributed by atoms with Gasteiger partial charge in [-0.3, -0.25) is 9.10 Å². The summed E-state index contributed by atoms with van der Waals surface area (Å²) < 4.78 is 39.9. The van der Waals surface area contributed by atoms with Gasteiger partial charge in [0.25, 0.3) is 15.9 Å². The highest BCUT2D eigenvalue weighted by Crippen LogP contribution is 2.36. The number of hydrogen-bond donors (Lipinski definition) is 1. The molecule has 0 atom stereocenters. The Morgan fingerprint density at radius 3 is 2.38 bits per heavy atom. The number of anilines is 1. The largest absolute Gasteiger partial charge is 0.493 e. The van der Waals surface area contributed by atoms with Crippen molar-refractivity contribution in [2.45, 2.75) is 31.6 Å². The first-order chi connectivity index (χ1) is 18.6. The summed E-state index contributed by atoms with van der Waals surface area (Å²) >= 11 is 3.45. The summed E-state index contributed by atoms with van der Waals surface area (Å²) in [6, 6.07) is 17.1. The minimum atomic E-state index is -4.03. The summed E-state index contributed by atoms with van der Waals surface area (Å²) in [5.74, 6) is 0.658. The number of carbonyl (C=O) groups is 1. The molecule has 10 heteroatoms. The van der Waals surface area contributed by atoms with E-state index in [4.69, 9.17) is 9.47 Å². The molecule has 1 amide bonds. The maximum Gasteiger partial charge on any atom is 0.264 e. The average Bonchev–Trinajstić information content (AvgIpc) is 2.91. The number of amides is 1. The first kappa shape index (κ1) is 29.9. The van der Waals surface area contributed by atoms with Gasteiger partial charge in [0.05, 0.1) is 28.4 Å². The maximum atomic E-state index is 13.6. The number of methoxy groups -OCH3 is 1. The predicted octanol–water partition coefficient (Wildman–Crippen LogP) is 5.80. The predicted molar refractivity (Wildman–Crippen MR) is 158 cm³/mol.